The maximum atomic E-state index is 4.34. The molecule has 0 spiro atoms. The largest absolute Gasteiger partial charge is 0.356 e. The van der Waals surface area contributed by atoms with Crippen LogP contribution < -0.4 is 5.32 Å². The minimum Gasteiger partial charge on any atom is -0.356 e. The maximum absolute atomic E-state index is 4.34. The molecule has 7 heteroatoms. The Morgan fingerprint density at radius 3 is 2.78 bits per heavy atom. The Labute approximate surface area is 155 Å². The molecule has 126 valence electrons. The number of hydrogen-bond donors (Lipinski definition) is 1. The molecule has 6 nitrogen and oxygen atoms in total. The van der Waals surface area contributed by atoms with Crippen LogP contribution in [0.5, 0.6) is 0 Å². The molecule has 2 aromatic heterocycles. The molecule has 0 radical (unpaired) electrons. The molecule has 0 atom stereocenters. The maximum Gasteiger partial charge on any atom is 0.193 e. The fourth-order valence-electron chi connectivity index (χ4n) is 2.38. The Balaban J connectivity index is 0.00000264. The van der Waals surface area contributed by atoms with E-state index in [9.17, 15) is 0 Å². The summed E-state index contributed by atoms with van der Waals surface area (Å²) < 4.78 is 1.81. The Morgan fingerprint density at radius 1 is 1.39 bits per heavy atom. The average molecular weight is 428 g/mol. The monoisotopic (exact) mass is 428 g/mol. The summed E-state index contributed by atoms with van der Waals surface area (Å²) in [4.78, 5) is 10.6. The van der Waals surface area contributed by atoms with Gasteiger partial charge in [-0.3, -0.25) is 14.7 Å². The van der Waals surface area contributed by atoms with Crippen LogP contribution in [0.2, 0.25) is 0 Å². The van der Waals surface area contributed by atoms with E-state index in [-0.39, 0.29) is 24.0 Å². The van der Waals surface area contributed by atoms with E-state index in [0.29, 0.717) is 0 Å². The molecule has 2 aromatic rings. The van der Waals surface area contributed by atoms with Gasteiger partial charge in [-0.2, -0.15) is 5.10 Å². The molecule has 0 amide bonds. The fourth-order valence-corrected chi connectivity index (χ4v) is 2.38. The average Bonchev–Trinajstić information content (AvgIpc) is 2.90. The smallest absolute Gasteiger partial charge is 0.193 e. The molecule has 0 aliphatic rings. The lowest BCUT2D eigenvalue weighted by Gasteiger charge is -2.21. The second-order valence-electron chi connectivity index (χ2n) is 5.40. The van der Waals surface area contributed by atoms with Crippen LogP contribution in [0.4, 0.5) is 0 Å². The molecule has 0 fully saturated rings. The Kier molecular flexibility index (Phi) is 8.01. The topological polar surface area (TPSA) is 58.3 Å². The molecule has 1 N–H and O–H groups in total. The van der Waals surface area contributed by atoms with E-state index >= 15 is 0 Å². The molecule has 2 heterocycles. The van der Waals surface area contributed by atoms with Crippen molar-refractivity contribution < 1.29 is 0 Å². The molecule has 2 rings (SSSR count). The van der Waals surface area contributed by atoms with Crippen molar-refractivity contribution in [1.29, 1.82) is 0 Å². The van der Waals surface area contributed by atoms with Crippen molar-refractivity contribution in [3.05, 3.63) is 47.5 Å². The quantitative estimate of drug-likeness (QED) is 0.450. The first-order chi connectivity index (χ1) is 10.6. The van der Waals surface area contributed by atoms with Crippen molar-refractivity contribution in [3.8, 4) is 0 Å². The van der Waals surface area contributed by atoms with E-state index in [1.165, 1.54) is 11.1 Å². The zero-order chi connectivity index (χ0) is 15.9. The number of aliphatic imine (C=N–C) groups is 1. The second-order valence-corrected chi connectivity index (χ2v) is 5.40. The zero-order valence-electron chi connectivity index (χ0n) is 14.2. The Hall–Kier alpha value is -1.64. The summed E-state index contributed by atoms with van der Waals surface area (Å²) >= 11 is 0. The van der Waals surface area contributed by atoms with Gasteiger partial charge in [0.25, 0.3) is 0 Å². The van der Waals surface area contributed by atoms with Gasteiger partial charge < -0.3 is 10.2 Å². The van der Waals surface area contributed by atoms with Crippen LogP contribution in [0.3, 0.4) is 0 Å². The first kappa shape index (κ1) is 19.4. The SMILES string of the molecule is CN=C(NCCc1ccncc1C)N(C)Cc1cnn(C)c1.I. The third kappa shape index (κ3) is 5.81. The van der Waals surface area contributed by atoms with Gasteiger partial charge >= 0.3 is 0 Å². The van der Waals surface area contributed by atoms with Gasteiger partial charge in [-0.15, -0.1) is 24.0 Å². The van der Waals surface area contributed by atoms with Gasteiger partial charge in [0.05, 0.1) is 6.20 Å². The standard InChI is InChI=1S/C16H24N6.HI/c1-13-9-18-7-5-15(13)6-8-19-16(17-2)21(3)11-14-10-20-22(4)12-14;/h5,7,9-10,12H,6,8,11H2,1-4H3,(H,17,19);1H. The fraction of sp³-hybridized carbons (Fsp3) is 0.438. The number of aryl methyl sites for hydroxylation is 2. The van der Waals surface area contributed by atoms with Gasteiger partial charge in [-0.25, -0.2) is 0 Å². The van der Waals surface area contributed by atoms with E-state index in [0.717, 1.165) is 31.0 Å². The minimum absolute atomic E-state index is 0. The number of halogens is 1. The summed E-state index contributed by atoms with van der Waals surface area (Å²) in [5.74, 6) is 0.885. The summed E-state index contributed by atoms with van der Waals surface area (Å²) in [5, 5.41) is 7.59. The summed E-state index contributed by atoms with van der Waals surface area (Å²) in [5.41, 5.74) is 3.70. The number of aromatic nitrogens is 3. The predicted octanol–water partition coefficient (Wildman–Crippen LogP) is 1.99. The van der Waals surface area contributed by atoms with Gasteiger partial charge in [0.1, 0.15) is 0 Å². The molecule has 0 bridgehead atoms. The number of nitrogens with one attached hydrogen (secondary N) is 1. The molecule has 0 aliphatic carbocycles. The van der Waals surface area contributed by atoms with Crippen LogP contribution >= 0.6 is 24.0 Å². The first-order valence-electron chi connectivity index (χ1n) is 7.39. The molecule has 0 aliphatic heterocycles. The zero-order valence-corrected chi connectivity index (χ0v) is 16.5. The van der Waals surface area contributed by atoms with Crippen molar-refractivity contribution in [3.63, 3.8) is 0 Å². The van der Waals surface area contributed by atoms with Gasteiger partial charge in [-0.1, -0.05) is 0 Å². The van der Waals surface area contributed by atoms with Crippen molar-refractivity contribution >= 4 is 29.9 Å². The van der Waals surface area contributed by atoms with Gasteiger partial charge in [-0.05, 0) is 30.5 Å². The number of hydrogen-bond acceptors (Lipinski definition) is 3. The number of nitrogens with zero attached hydrogens (tertiary/aromatic N) is 5. The highest BCUT2D eigenvalue weighted by Gasteiger charge is 2.07. The number of guanidine groups is 1. The van der Waals surface area contributed by atoms with Crippen LogP contribution in [0.15, 0.2) is 35.8 Å². The van der Waals surface area contributed by atoms with Crippen LogP contribution in [-0.2, 0) is 20.0 Å². The van der Waals surface area contributed by atoms with Gasteiger partial charge in [0, 0.05) is 58.4 Å². The van der Waals surface area contributed by atoms with Crippen molar-refractivity contribution in [2.75, 3.05) is 20.6 Å². The van der Waals surface area contributed by atoms with E-state index in [1.807, 2.05) is 43.6 Å². The Morgan fingerprint density at radius 2 is 2.17 bits per heavy atom. The third-order valence-electron chi connectivity index (χ3n) is 3.57. The summed E-state index contributed by atoms with van der Waals surface area (Å²) in [6.45, 7) is 3.71. The van der Waals surface area contributed by atoms with Crippen molar-refractivity contribution in [1.82, 2.24) is 25.0 Å². The number of rotatable bonds is 5. The van der Waals surface area contributed by atoms with Crippen LogP contribution in [0, 0.1) is 6.92 Å². The van der Waals surface area contributed by atoms with Crippen LogP contribution in [0.1, 0.15) is 16.7 Å². The van der Waals surface area contributed by atoms with E-state index < -0.39 is 0 Å². The molecular formula is C16H25IN6. The second kappa shape index (κ2) is 9.49. The van der Waals surface area contributed by atoms with E-state index in [1.54, 1.807) is 7.05 Å². The molecular weight excluding hydrogens is 403 g/mol. The highest BCUT2D eigenvalue weighted by Crippen LogP contribution is 2.05. The summed E-state index contributed by atoms with van der Waals surface area (Å²) in [6, 6.07) is 2.07. The normalized spacial score (nSPS) is 11.0. The van der Waals surface area contributed by atoms with E-state index in [4.69, 9.17) is 0 Å². The predicted molar refractivity (Wildman–Crippen MR) is 104 cm³/mol. The Bertz CT molecular complexity index is 637. The molecule has 23 heavy (non-hydrogen) atoms. The summed E-state index contributed by atoms with van der Waals surface area (Å²) in [7, 11) is 5.76. The van der Waals surface area contributed by atoms with Gasteiger partial charge in [0.15, 0.2) is 5.96 Å². The molecule has 0 unspecified atom stereocenters. The molecule has 0 saturated heterocycles. The summed E-state index contributed by atoms with van der Waals surface area (Å²) in [6.07, 6.45) is 8.59. The van der Waals surface area contributed by atoms with Crippen LogP contribution in [0.25, 0.3) is 0 Å². The minimum atomic E-state index is 0. The molecule has 0 aromatic carbocycles. The van der Waals surface area contributed by atoms with E-state index in [2.05, 4.69) is 38.3 Å². The number of pyridine rings is 1. The van der Waals surface area contributed by atoms with Gasteiger partial charge in [0.2, 0.25) is 0 Å². The first-order valence-corrected chi connectivity index (χ1v) is 7.39. The van der Waals surface area contributed by atoms with Crippen molar-refractivity contribution in [2.24, 2.45) is 12.0 Å². The highest BCUT2D eigenvalue weighted by molar-refractivity contribution is 14.0. The van der Waals surface area contributed by atoms with Crippen LogP contribution in [-0.4, -0.2) is 46.3 Å². The molecule has 0 saturated carbocycles. The highest BCUT2D eigenvalue weighted by atomic mass is 127. The lowest BCUT2D eigenvalue weighted by atomic mass is 10.1. The third-order valence-corrected chi connectivity index (χ3v) is 3.57. The lowest BCUT2D eigenvalue weighted by molar-refractivity contribution is 0.477. The lowest BCUT2D eigenvalue weighted by Crippen LogP contribution is -2.39. The van der Waals surface area contributed by atoms with Crippen molar-refractivity contribution in [2.45, 2.75) is 19.9 Å².